The molecule has 0 aromatic heterocycles. The van der Waals surface area contributed by atoms with E-state index in [1.165, 1.54) is 6.21 Å². The maximum absolute atomic E-state index is 12.3. The summed E-state index contributed by atoms with van der Waals surface area (Å²) < 4.78 is 5.48. The van der Waals surface area contributed by atoms with Crippen molar-refractivity contribution in [1.29, 1.82) is 0 Å². The van der Waals surface area contributed by atoms with Crippen molar-refractivity contribution in [1.82, 2.24) is 5.43 Å². The van der Waals surface area contributed by atoms with Gasteiger partial charge in [0, 0.05) is 16.9 Å². The van der Waals surface area contributed by atoms with E-state index in [9.17, 15) is 9.59 Å². The average molecular weight is 431 g/mol. The van der Waals surface area contributed by atoms with Gasteiger partial charge in [0.2, 0.25) is 0 Å². The van der Waals surface area contributed by atoms with Crippen LogP contribution in [0.2, 0.25) is 0 Å². The van der Waals surface area contributed by atoms with Gasteiger partial charge in [-0.3, -0.25) is 9.59 Å². The monoisotopic (exact) mass is 430 g/mol. The van der Waals surface area contributed by atoms with Crippen LogP contribution in [0.1, 0.15) is 22.3 Å². The summed E-state index contributed by atoms with van der Waals surface area (Å²) in [6.45, 7) is 5.73. The molecule has 0 spiro atoms. The number of nitrogens with zero attached hydrogens (tertiary/aromatic N) is 1. The highest BCUT2D eigenvalue weighted by Crippen LogP contribution is 2.31. The third-order valence-electron chi connectivity index (χ3n) is 4.98. The molecule has 0 heterocycles. The number of nitrogens with one attached hydrogen (secondary N) is 3. The van der Waals surface area contributed by atoms with Crippen molar-refractivity contribution in [3.63, 3.8) is 0 Å². The van der Waals surface area contributed by atoms with Crippen LogP contribution in [0.4, 0.5) is 17.1 Å². The van der Waals surface area contributed by atoms with Gasteiger partial charge in [0.15, 0.2) is 0 Å². The minimum Gasteiger partial charge on any atom is -0.495 e. The van der Waals surface area contributed by atoms with E-state index < -0.39 is 11.8 Å². The van der Waals surface area contributed by atoms with Crippen LogP contribution in [0.3, 0.4) is 0 Å². The van der Waals surface area contributed by atoms with E-state index in [1.807, 2.05) is 81.4 Å². The van der Waals surface area contributed by atoms with Gasteiger partial charge in [0.25, 0.3) is 0 Å². The van der Waals surface area contributed by atoms with Crippen LogP contribution in [0, 0.1) is 20.8 Å². The smallest absolute Gasteiger partial charge is 0.329 e. The molecule has 0 aliphatic heterocycles. The van der Waals surface area contributed by atoms with Gasteiger partial charge in [-0.2, -0.15) is 5.10 Å². The van der Waals surface area contributed by atoms with Gasteiger partial charge < -0.3 is 15.4 Å². The lowest BCUT2D eigenvalue weighted by molar-refractivity contribution is -0.136. The molecule has 3 aromatic rings. The third-order valence-corrected chi connectivity index (χ3v) is 4.98. The van der Waals surface area contributed by atoms with Crippen LogP contribution >= 0.6 is 0 Å². The number of hydrogen-bond acceptors (Lipinski definition) is 5. The fourth-order valence-corrected chi connectivity index (χ4v) is 3.20. The molecular weight excluding hydrogens is 404 g/mol. The first kappa shape index (κ1) is 22.6. The Morgan fingerprint density at radius 1 is 0.812 bits per heavy atom. The van der Waals surface area contributed by atoms with E-state index in [1.54, 1.807) is 7.11 Å². The number of carbonyl (C=O) groups is 2. The van der Waals surface area contributed by atoms with E-state index in [0.29, 0.717) is 22.7 Å². The fourth-order valence-electron chi connectivity index (χ4n) is 3.20. The molecule has 0 saturated carbocycles. The Kier molecular flexibility index (Phi) is 7.23. The molecule has 2 amide bonds. The highest BCUT2D eigenvalue weighted by atomic mass is 16.5. The van der Waals surface area contributed by atoms with Crippen LogP contribution in [0.15, 0.2) is 65.8 Å². The van der Waals surface area contributed by atoms with E-state index in [0.717, 1.165) is 22.4 Å². The number of amides is 2. The maximum atomic E-state index is 12.3. The Hall–Kier alpha value is -4.13. The van der Waals surface area contributed by atoms with E-state index >= 15 is 0 Å². The largest absolute Gasteiger partial charge is 0.495 e. The predicted octanol–water partition coefficient (Wildman–Crippen LogP) is 4.45. The van der Waals surface area contributed by atoms with Crippen LogP contribution in [-0.2, 0) is 9.59 Å². The molecule has 3 N–H and O–H groups in total. The molecule has 0 saturated heterocycles. The molecule has 0 aliphatic carbocycles. The molecule has 164 valence electrons. The van der Waals surface area contributed by atoms with Crippen LogP contribution < -0.4 is 20.8 Å². The number of aryl methyl sites for hydroxylation is 3. The standard InChI is InChI=1S/C25H26N4O3/c1-16-9-5-6-13-20(16)27-23-19(12-8-14-21(23)32-4)15-26-29-25(31)24(30)28-22-17(2)10-7-11-18(22)3/h5-15,27H,1-4H3,(H,28,30)(H,29,31)/b26-15-. The van der Waals surface area contributed by atoms with Gasteiger partial charge in [-0.15, -0.1) is 0 Å². The second-order valence-corrected chi connectivity index (χ2v) is 7.28. The molecule has 0 aliphatic rings. The number of methoxy groups -OCH3 is 1. The number of anilines is 3. The quantitative estimate of drug-likeness (QED) is 0.306. The summed E-state index contributed by atoms with van der Waals surface area (Å²) in [7, 11) is 1.58. The Morgan fingerprint density at radius 2 is 1.47 bits per heavy atom. The number of benzene rings is 3. The number of hydrogen-bond donors (Lipinski definition) is 3. The first-order valence-corrected chi connectivity index (χ1v) is 10.1. The van der Waals surface area contributed by atoms with Crippen molar-refractivity contribution in [2.75, 3.05) is 17.7 Å². The first-order chi connectivity index (χ1) is 15.4. The number of hydrazone groups is 1. The van der Waals surface area contributed by atoms with E-state index in [-0.39, 0.29) is 0 Å². The van der Waals surface area contributed by atoms with Crippen LogP contribution in [0.25, 0.3) is 0 Å². The molecule has 0 atom stereocenters. The minimum atomic E-state index is -0.861. The lowest BCUT2D eigenvalue weighted by Gasteiger charge is -2.15. The van der Waals surface area contributed by atoms with Crippen molar-refractivity contribution in [3.05, 3.63) is 82.9 Å². The van der Waals surface area contributed by atoms with Gasteiger partial charge in [0.1, 0.15) is 5.75 Å². The molecule has 7 heteroatoms. The number of para-hydroxylation sites is 3. The van der Waals surface area contributed by atoms with Gasteiger partial charge in [-0.25, -0.2) is 5.43 Å². The van der Waals surface area contributed by atoms with Crippen molar-refractivity contribution in [2.24, 2.45) is 5.10 Å². The SMILES string of the molecule is COc1cccc(/C=N\NC(=O)C(=O)Nc2c(C)cccc2C)c1Nc1ccccc1C. The normalized spacial score (nSPS) is 10.6. The van der Waals surface area contributed by atoms with Crippen LogP contribution in [-0.4, -0.2) is 25.1 Å². The van der Waals surface area contributed by atoms with Gasteiger partial charge >= 0.3 is 11.8 Å². The molecule has 32 heavy (non-hydrogen) atoms. The Morgan fingerprint density at radius 3 is 2.16 bits per heavy atom. The van der Waals surface area contributed by atoms with Gasteiger partial charge in [0.05, 0.1) is 19.0 Å². The summed E-state index contributed by atoms with van der Waals surface area (Å²) in [4.78, 5) is 24.5. The predicted molar refractivity (Wildman–Crippen MR) is 128 cm³/mol. The lowest BCUT2D eigenvalue weighted by atomic mass is 10.1. The molecule has 7 nitrogen and oxygen atoms in total. The Labute approximate surface area is 187 Å². The summed E-state index contributed by atoms with van der Waals surface area (Å²) in [5.41, 5.74) is 8.01. The third kappa shape index (κ3) is 5.31. The number of rotatable bonds is 6. The summed E-state index contributed by atoms with van der Waals surface area (Å²) in [6, 6.07) is 19.0. The molecule has 0 fully saturated rings. The van der Waals surface area contributed by atoms with E-state index in [4.69, 9.17) is 4.74 Å². The second kappa shape index (κ2) is 10.3. The highest BCUT2D eigenvalue weighted by Gasteiger charge is 2.15. The van der Waals surface area contributed by atoms with Gasteiger partial charge in [-0.05, 0) is 49.6 Å². The van der Waals surface area contributed by atoms with Crippen molar-refractivity contribution >= 4 is 35.1 Å². The fraction of sp³-hybridized carbons (Fsp3) is 0.160. The zero-order valence-electron chi connectivity index (χ0n) is 18.5. The van der Waals surface area contributed by atoms with Crippen molar-refractivity contribution in [2.45, 2.75) is 20.8 Å². The first-order valence-electron chi connectivity index (χ1n) is 10.1. The average Bonchev–Trinajstić information content (AvgIpc) is 2.78. The molecule has 0 unspecified atom stereocenters. The minimum absolute atomic E-state index is 0.620. The zero-order chi connectivity index (χ0) is 23.1. The topological polar surface area (TPSA) is 91.8 Å². The molecule has 3 aromatic carbocycles. The number of carbonyl (C=O) groups excluding carboxylic acids is 2. The molecular formula is C25H26N4O3. The molecule has 3 rings (SSSR count). The van der Waals surface area contributed by atoms with Gasteiger partial charge in [-0.1, -0.05) is 48.5 Å². The zero-order valence-corrected chi connectivity index (χ0v) is 18.5. The maximum Gasteiger partial charge on any atom is 0.329 e. The summed E-state index contributed by atoms with van der Waals surface area (Å²) in [5, 5.41) is 9.96. The van der Waals surface area contributed by atoms with Crippen molar-refractivity contribution < 1.29 is 14.3 Å². The summed E-state index contributed by atoms with van der Waals surface area (Å²) >= 11 is 0. The number of ether oxygens (including phenoxy) is 1. The summed E-state index contributed by atoms with van der Waals surface area (Å²) in [6.07, 6.45) is 1.47. The highest BCUT2D eigenvalue weighted by molar-refractivity contribution is 6.39. The molecule has 0 bridgehead atoms. The lowest BCUT2D eigenvalue weighted by Crippen LogP contribution is -2.32. The second-order valence-electron chi connectivity index (χ2n) is 7.28. The molecule has 0 radical (unpaired) electrons. The van der Waals surface area contributed by atoms with Crippen molar-refractivity contribution in [3.8, 4) is 5.75 Å². The van der Waals surface area contributed by atoms with E-state index in [2.05, 4.69) is 21.2 Å². The van der Waals surface area contributed by atoms with Crippen LogP contribution in [0.5, 0.6) is 5.75 Å². The summed E-state index contributed by atoms with van der Waals surface area (Å²) in [5.74, 6) is -1.03. The Balaban J connectivity index is 1.74. The Bertz CT molecular complexity index is 1150.